The lowest BCUT2D eigenvalue weighted by molar-refractivity contribution is 0.353. The lowest BCUT2D eigenvalue weighted by Gasteiger charge is -2.31. The van der Waals surface area contributed by atoms with E-state index in [1.54, 1.807) is 12.1 Å². The fourth-order valence-corrected chi connectivity index (χ4v) is 3.64. The third-order valence-electron chi connectivity index (χ3n) is 4.87. The minimum absolute atomic E-state index is 0.0982. The third-order valence-corrected chi connectivity index (χ3v) is 5.16. The van der Waals surface area contributed by atoms with E-state index in [-0.39, 0.29) is 5.02 Å². The Morgan fingerprint density at radius 3 is 2.63 bits per heavy atom. The minimum Gasteiger partial charge on any atom is -0.357 e. The largest absolute Gasteiger partial charge is 0.357 e. The van der Waals surface area contributed by atoms with E-state index in [9.17, 15) is 4.39 Å². The van der Waals surface area contributed by atoms with Crippen LogP contribution < -0.4 is 5.32 Å². The smallest absolute Gasteiger partial charge is 0.141 e. The van der Waals surface area contributed by atoms with Gasteiger partial charge in [0.15, 0.2) is 0 Å². The number of piperazine rings is 1. The zero-order chi connectivity index (χ0) is 18.6. The van der Waals surface area contributed by atoms with Crippen LogP contribution in [0.4, 0.5) is 10.1 Å². The molecule has 5 heteroatoms. The fourth-order valence-electron chi connectivity index (χ4n) is 3.47. The molecule has 1 N–H and O–H groups in total. The van der Waals surface area contributed by atoms with Crippen LogP contribution in [0.1, 0.15) is 5.56 Å². The summed E-state index contributed by atoms with van der Waals surface area (Å²) in [6.45, 7) is 3.66. The van der Waals surface area contributed by atoms with Crippen LogP contribution in [0.25, 0.3) is 10.8 Å². The molecule has 0 radical (unpaired) electrons. The van der Waals surface area contributed by atoms with Gasteiger partial charge in [-0.2, -0.15) is 0 Å². The Balaban J connectivity index is 1.73. The van der Waals surface area contributed by atoms with Gasteiger partial charge in [0.05, 0.1) is 10.7 Å². The first-order valence-electron chi connectivity index (χ1n) is 9.15. The molecular weight excluding hydrogens is 361 g/mol. The molecule has 0 unspecified atom stereocenters. The van der Waals surface area contributed by atoms with Gasteiger partial charge in [0.2, 0.25) is 0 Å². The summed E-state index contributed by atoms with van der Waals surface area (Å²) in [5, 5.41) is 5.93. The molecule has 3 nitrogen and oxygen atoms in total. The summed E-state index contributed by atoms with van der Waals surface area (Å²) in [6.07, 6.45) is 0.719. The van der Waals surface area contributed by atoms with E-state index in [4.69, 9.17) is 16.6 Å². The van der Waals surface area contributed by atoms with E-state index in [1.807, 2.05) is 0 Å². The van der Waals surface area contributed by atoms with Gasteiger partial charge in [0, 0.05) is 32.6 Å². The topological polar surface area (TPSA) is 27.6 Å². The molecule has 138 valence electrons. The van der Waals surface area contributed by atoms with Crippen molar-refractivity contribution in [3.63, 3.8) is 0 Å². The van der Waals surface area contributed by atoms with Crippen LogP contribution in [0.3, 0.4) is 0 Å². The van der Waals surface area contributed by atoms with Crippen LogP contribution in [0.5, 0.6) is 0 Å². The summed E-state index contributed by atoms with van der Waals surface area (Å²) < 4.78 is 13.5. The van der Waals surface area contributed by atoms with Gasteiger partial charge < -0.3 is 10.2 Å². The van der Waals surface area contributed by atoms with Crippen LogP contribution in [-0.2, 0) is 6.42 Å². The van der Waals surface area contributed by atoms with Gasteiger partial charge in [-0.05, 0) is 34.5 Å². The zero-order valence-electron chi connectivity index (χ0n) is 15.0. The molecule has 0 amide bonds. The average Bonchev–Trinajstić information content (AvgIpc) is 2.71. The van der Waals surface area contributed by atoms with Crippen LogP contribution in [0.2, 0.25) is 5.02 Å². The normalized spacial score (nSPS) is 15.3. The Hall–Kier alpha value is -2.43. The van der Waals surface area contributed by atoms with Gasteiger partial charge >= 0.3 is 0 Å². The number of amidine groups is 1. The van der Waals surface area contributed by atoms with Gasteiger partial charge in [-0.15, -0.1) is 0 Å². The van der Waals surface area contributed by atoms with Crippen LogP contribution in [0, 0.1) is 5.82 Å². The van der Waals surface area contributed by atoms with Gasteiger partial charge in [0.25, 0.3) is 0 Å². The number of benzene rings is 3. The van der Waals surface area contributed by atoms with Gasteiger partial charge in [-0.3, -0.25) is 0 Å². The summed E-state index contributed by atoms with van der Waals surface area (Å²) in [7, 11) is 0. The van der Waals surface area contributed by atoms with Gasteiger partial charge in [-0.25, -0.2) is 9.38 Å². The molecule has 27 heavy (non-hydrogen) atoms. The van der Waals surface area contributed by atoms with Crippen LogP contribution in [0.15, 0.2) is 65.7 Å². The number of halogens is 2. The summed E-state index contributed by atoms with van der Waals surface area (Å²) >= 11 is 5.95. The first-order valence-corrected chi connectivity index (χ1v) is 9.53. The Morgan fingerprint density at radius 2 is 1.81 bits per heavy atom. The minimum atomic E-state index is -0.423. The van der Waals surface area contributed by atoms with E-state index in [1.165, 1.54) is 22.4 Å². The van der Waals surface area contributed by atoms with Crippen molar-refractivity contribution in [2.24, 2.45) is 4.99 Å². The predicted molar refractivity (Wildman–Crippen MR) is 111 cm³/mol. The van der Waals surface area contributed by atoms with Crippen LogP contribution >= 0.6 is 11.6 Å². The molecule has 0 bridgehead atoms. The quantitative estimate of drug-likeness (QED) is 0.520. The van der Waals surface area contributed by atoms with Crippen molar-refractivity contribution in [1.82, 2.24) is 10.2 Å². The first kappa shape index (κ1) is 18.0. The summed E-state index contributed by atoms with van der Waals surface area (Å²) in [5.41, 5.74) is 1.91. The van der Waals surface area contributed by atoms with E-state index in [0.717, 1.165) is 38.4 Å². The lowest BCUT2D eigenvalue weighted by Crippen LogP contribution is -2.47. The molecule has 0 aromatic heterocycles. The van der Waals surface area contributed by atoms with Gasteiger partial charge in [-0.1, -0.05) is 54.1 Å². The molecule has 3 aromatic carbocycles. The van der Waals surface area contributed by atoms with Crippen molar-refractivity contribution in [2.75, 3.05) is 26.2 Å². The number of hydrogen-bond acceptors (Lipinski definition) is 2. The summed E-state index contributed by atoms with van der Waals surface area (Å²) in [6, 6.07) is 19.4. The standard InChI is InChI=1S/C22H21ClFN3/c23-20-15-18(8-9-21(20)24)26-22(27-12-10-25-11-13-27)14-17-6-3-5-16-4-1-2-7-19(16)17/h1-9,15,25H,10-14H2. The summed E-state index contributed by atoms with van der Waals surface area (Å²) in [5.74, 6) is 0.559. The van der Waals surface area contributed by atoms with Crippen molar-refractivity contribution in [2.45, 2.75) is 6.42 Å². The fraction of sp³-hybridized carbons (Fsp3) is 0.227. The lowest BCUT2D eigenvalue weighted by atomic mass is 10.0. The molecule has 1 saturated heterocycles. The van der Waals surface area contributed by atoms with Crippen molar-refractivity contribution in [3.05, 3.63) is 77.1 Å². The molecule has 1 heterocycles. The molecule has 0 atom stereocenters. The second-order valence-corrected chi connectivity index (χ2v) is 7.09. The molecule has 0 saturated carbocycles. The number of fused-ring (bicyclic) bond motifs is 1. The highest BCUT2D eigenvalue weighted by molar-refractivity contribution is 6.31. The van der Waals surface area contributed by atoms with E-state index < -0.39 is 5.82 Å². The summed E-state index contributed by atoms with van der Waals surface area (Å²) in [4.78, 5) is 7.15. The molecule has 4 rings (SSSR count). The van der Waals surface area contributed by atoms with Crippen molar-refractivity contribution < 1.29 is 4.39 Å². The van der Waals surface area contributed by atoms with Gasteiger partial charge in [0.1, 0.15) is 11.7 Å². The van der Waals surface area contributed by atoms with Crippen molar-refractivity contribution in [1.29, 1.82) is 0 Å². The molecule has 0 spiro atoms. The van der Waals surface area contributed by atoms with E-state index in [2.05, 4.69) is 52.7 Å². The molecule has 0 aliphatic carbocycles. The molecule has 1 aliphatic rings. The number of rotatable bonds is 3. The van der Waals surface area contributed by atoms with E-state index in [0.29, 0.717) is 5.69 Å². The third kappa shape index (κ3) is 4.12. The van der Waals surface area contributed by atoms with Crippen molar-refractivity contribution in [3.8, 4) is 0 Å². The maximum atomic E-state index is 13.5. The van der Waals surface area contributed by atoms with Crippen LogP contribution in [-0.4, -0.2) is 36.9 Å². The zero-order valence-corrected chi connectivity index (χ0v) is 15.7. The number of hydrogen-bond donors (Lipinski definition) is 1. The van der Waals surface area contributed by atoms with E-state index >= 15 is 0 Å². The maximum Gasteiger partial charge on any atom is 0.141 e. The molecule has 1 fully saturated rings. The number of aliphatic imine (C=N–C) groups is 1. The number of nitrogens with zero attached hydrogens (tertiary/aromatic N) is 2. The molecular formula is C22H21ClFN3. The Kier molecular flexibility index (Phi) is 5.37. The highest BCUT2D eigenvalue weighted by Crippen LogP contribution is 2.24. The Morgan fingerprint density at radius 1 is 1.04 bits per heavy atom. The second kappa shape index (κ2) is 8.07. The Labute approximate surface area is 163 Å². The second-order valence-electron chi connectivity index (χ2n) is 6.68. The highest BCUT2D eigenvalue weighted by atomic mass is 35.5. The average molecular weight is 382 g/mol. The molecule has 3 aromatic rings. The highest BCUT2D eigenvalue weighted by Gasteiger charge is 2.16. The maximum absolute atomic E-state index is 13.5. The van der Waals surface area contributed by atoms with Crippen molar-refractivity contribution >= 4 is 33.9 Å². The number of nitrogens with one attached hydrogen (secondary N) is 1. The monoisotopic (exact) mass is 381 g/mol. The predicted octanol–water partition coefficient (Wildman–Crippen LogP) is 4.81. The first-order chi connectivity index (χ1) is 13.2. The molecule has 1 aliphatic heterocycles. The Bertz CT molecular complexity index is 975. The SMILES string of the molecule is Fc1ccc(N=C(Cc2cccc3ccccc23)N2CCNCC2)cc1Cl.